The Kier molecular flexibility index (Phi) is 5.43. The van der Waals surface area contributed by atoms with Crippen LogP contribution in [0.1, 0.15) is 26.7 Å². The van der Waals surface area contributed by atoms with Crippen LogP contribution in [0, 0.1) is 5.92 Å². The summed E-state index contributed by atoms with van der Waals surface area (Å²) in [6.07, 6.45) is 9.40. The Morgan fingerprint density at radius 1 is 1.09 bits per heavy atom. The molecule has 0 aromatic heterocycles. The summed E-state index contributed by atoms with van der Waals surface area (Å²) in [5.74, 6) is 0.834. The van der Waals surface area contributed by atoms with Crippen LogP contribution in [0.15, 0.2) is 54.3 Å². The molecular weight excluding hydrogens is 613 g/mol. The molecule has 2 aliphatic heterocycles. The molecule has 0 spiro atoms. The third kappa shape index (κ3) is 3.36. The number of benzene rings is 1. The van der Waals surface area contributed by atoms with Gasteiger partial charge in [0.15, 0.2) is 0 Å². The van der Waals surface area contributed by atoms with E-state index in [0.717, 1.165) is 25.6 Å². The minimum atomic E-state index is -3.88. The summed E-state index contributed by atoms with van der Waals surface area (Å²) in [6.45, 7) is 7.83. The molecule has 1 fully saturated rings. The number of rotatable bonds is 3. The van der Waals surface area contributed by atoms with Crippen LogP contribution in [0.2, 0.25) is 0 Å². The fraction of sp³-hybridized carbons (Fsp3) is 0.444. The van der Waals surface area contributed by atoms with E-state index in [1.54, 1.807) is 0 Å². The molecule has 0 amide bonds. The summed E-state index contributed by atoms with van der Waals surface area (Å²) in [6, 6.07) is 11.0. The molecule has 0 aliphatic carbocycles. The van der Waals surface area contributed by atoms with Gasteiger partial charge in [0.25, 0.3) is 0 Å². The molecule has 2 heterocycles. The molecule has 0 N–H and O–H groups in total. The zero-order chi connectivity index (χ0) is 16.5. The summed E-state index contributed by atoms with van der Waals surface area (Å²) >= 11 is 4.85. The van der Waals surface area contributed by atoms with E-state index in [1.807, 2.05) is 0 Å². The molecule has 0 unspecified atom stereocenters. The maximum absolute atomic E-state index is 4.36. The van der Waals surface area contributed by atoms with Gasteiger partial charge < -0.3 is 0 Å². The van der Waals surface area contributed by atoms with Crippen molar-refractivity contribution in [3.8, 4) is 0 Å². The van der Waals surface area contributed by atoms with E-state index >= 15 is 0 Å². The minimum absolute atomic E-state index is 0.834. The van der Waals surface area contributed by atoms with Crippen LogP contribution in [0.5, 0.6) is 0 Å². The second kappa shape index (κ2) is 6.90. The zero-order valence-electron chi connectivity index (χ0n) is 13.8. The first-order valence-electron chi connectivity index (χ1n) is 8.29. The molecule has 1 aromatic carbocycles. The van der Waals surface area contributed by atoms with Gasteiger partial charge in [-0.1, -0.05) is 0 Å². The summed E-state index contributed by atoms with van der Waals surface area (Å²) < 4.78 is 6.72. The fourth-order valence-electron chi connectivity index (χ4n) is 3.31. The van der Waals surface area contributed by atoms with Crippen molar-refractivity contribution < 1.29 is 0 Å². The Morgan fingerprint density at radius 3 is 2.30 bits per heavy atom. The van der Waals surface area contributed by atoms with E-state index in [-0.39, 0.29) is 0 Å². The van der Waals surface area contributed by atoms with Gasteiger partial charge in [-0.25, -0.2) is 0 Å². The summed E-state index contributed by atoms with van der Waals surface area (Å²) in [4.78, 5) is 0. The van der Waals surface area contributed by atoms with Gasteiger partial charge in [0.1, 0.15) is 0 Å². The molecule has 0 radical (unpaired) electrons. The summed E-state index contributed by atoms with van der Waals surface area (Å²) in [5.41, 5.74) is 1.35. The molecule has 23 heavy (non-hydrogen) atoms. The molecule has 0 atom stereocenters. The van der Waals surface area contributed by atoms with E-state index in [4.69, 9.17) is 0 Å². The Balaban J connectivity index is 2.05. The number of nitrogens with zero attached hydrogens (tertiary/aromatic N) is 2. The van der Waals surface area contributed by atoms with E-state index < -0.39 is 14.7 Å². The third-order valence-electron chi connectivity index (χ3n) is 4.97. The number of hydrogen-bond acceptors (Lipinski definition) is 2. The average Bonchev–Trinajstić information content (AvgIpc) is 2.57. The Hall–Kier alpha value is 0.303. The van der Waals surface area contributed by atoms with Crippen LogP contribution < -0.4 is 3.27 Å². The Labute approximate surface area is 153 Å². The van der Waals surface area contributed by atoms with Crippen LogP contribution in [0.4, 0.5) is 0 Å². The summed E-state index contributed by atoms with van der Waals surface area (Å²) in [5, 5.41) is 0. The van der Waals surface area contributed by atoms with Crippen LogP contribution in [0.25, 0.3) is 0 Å². The Morgan fingerprint density at radius 2 is 1.74 bits per heavy atom. The zero-order valence-corrected chi connectivity index (χ0v) is 20.5. The summed E-state index contributed by atoms with van der Waals surface area (Å²) in [7, 11) is 0. The topological polar surface area (TPSA) is 6.48 Å². The molecule has 1 aromatic rings. The normalized spacial score (nSPS) is 22.5. The van der Waals surface area contributed by atoms with Crippen LogP contribution >= 0.6 is 24.4 Å². The van der Waals surface area contributed by atoms with Crippen molar-refractivity contribution in [1.29, 1.82) is 0 Å². The second-order valence-corrected chi connectivity index (χ2v) is 51.2. The molecule has 0 saturated carbocycles. The molecule has 126 valence electrons. The van der Waals surface area contributed by atoms with Gasteiger partial charge in [-0.2, -0.15) is 0 Å². The third-order valence-corrected chi connectivity index (χ3v) is 41.5. The predicted octanol–water partition coefficient (Wildman–Crippen LogP) is 4.58. The Bertz CT molecular complexity index is 619. The van der Waals surface area contributed by atoms with Gasteiger partial charge in [0.05, 0.1) is 0 Å². The molecule has 5 heteroatoms. The first-order chi connectivity index (χ1) is 10.9. The number of hydrogen-bond donors (Lipinski definition) is 0. The quantitative estimate of drug-likeness (QED) is 0.448. The molecular formula is C18H25BiBr2N2. The molecule has 0 bridgehead atoms. The van der Waals surface area contributed by atoms with Crippen LogP contribution in [0.3, 0.4) is 0 Å². The van der Waals surface area contributed by atoms with Gasteiger partial charge in [-0.15, -0.1) is 0 Å². The maximum atomic E-state index is 4.36. The second-order valence-electron chi connectivity index (χ2n) is 6.68. The van der Waals surface area contributed by atoms with Crippen molar-refractivity contribution in [1.82, 2.24) is 5.69 Å². The van der Waals surface area contributed by atoms with Crippen molar-refractivity contribution >= 4 is 42.4 Å². The van der Waals surface area contributed by atoms with Crippen molar-refractivity contribution in [3.63, 3.8) is 0 Å². The molecule has 2 nitrogen and oxygen atoms in total. The van der Waals surface area contributed by atoms with Crippen molar-refractivity contribution in [2.75, 3.05) is 19.6 Å². The van der Waals surface area contributed by atoms with E-state index in [9.17, 15) is 0 Å². The van der Waals surface area contributed by atoms with Gasteiger partial charge >= 0.3 is 155 Å². The standard InChI is InChI=1S/C6H12N.C6H8N.C6H5.Bi.2BrH/c2*1-6-2-4-7-5-3-6;1-2-4-6-5-3-1;;;/h6H,2-5H2,1H3;2-4H,5H2,1H3;1-5H;;2*1H/q2*-1;;+4;;/p-2. The van der Waals surface area contributed by atoms with E-state index in [1.165, 1.54) is 21.7 Å². The predicted molar refractivity (Wildman–Crippen MR) is 109 cm³/mol. The molecule has 3 rings (SSSR count). The van der Waals surface area contributed by atoms with E-state index in [0.29, 0.717) is 0 Å². The van der Waals surface area contributed by atoms with Crippen molar-refractivity contribution in [3.05, 3.63) is 54.3 Å². The number of piperidine rings is 1. The first-order valence-corrected chi connectivity index (χ1v) is 28.2. The monoisotopic (exact) mass is 636 g/mol. The van der Waals surface area contributed by atoms with Gasteiger partial charge in [-0.3, -0.25) is 0 Å². The van der Waals surface area contributed by atoms with Crippen LogP contribution in [-0.2, 0) is 0 Å². The molecule has 1 saturated heterocycles. The van der Waals surface area contributed by atoms with Gasteiger partial charge in [-0.05, 0) is 0 Å². The number of halogens is 2. The van der Waals surface area contributed by atoms with Gasteiger partial charge in [0.2, 0.25) is 0 Å². The SMILES string of the molecule is CC1=CC[N]([Bi]([Br])([Br])([c]2ccccc2)[N]2CCC(C)CC2)C=C1. The van der Waals surface area contributed by atoms with Crippen molar-refractivity contribution in [2.45, 2.75) is 26.7 Å². The number of allylic oxidation sites excluding steroid dienone is 2. The fourth-order valence-corrected chi connectivity index (χ4v) is 29.5. The van der Waals surface area contributed by atoms with Crippen LogP contribution in [-0.4, -0.2) is 40.0 Å². The average molecular weight is 638 g/mol. The van der Waals surface area contributed by atoms with Gasteiger partial charge in [0, 0.05) is 0 Å². The van der Waals surface area contributed by atoms with E-state index in [2.05, 4.69) is 92.7 Å². The van der Waals surface area contributed by atoms with Crippen molar-refractivity contribution in [2.24, 2.45) is 5.92 Å². The first kappa shape index (κ1) is 18.1. The molecule has 2 aliphatic rings.